The molecule has 0 saturated heterocycles. The van der Waals surface area contributed by atoms with E-state index in [0.29, 0.717) is 12.8 Å². The molecule has 3 N–H and O–H groups in total. The standard InChI is InChI=1S/C17H21NO2/c1-2-10-17(12-18,16(19)20)11-14-8-5-7-13-6-3-4-9-15(13)14/h3-9H,2,10-12,18H2,1H3,(H,19,20). The quantitative estimate of drug-likeness (QED) is 0.848. The highest BCUT2D eigenvalue weighted by Crippen LogP contribution is 2.31. The van der Waals surface area contributed by atoms with Gasteiger partial charge in [0.05, 0.1) is 5.41 Å². The van der Waals surface area contributed by atoms with Crippen LogP contribution < -0.4 is 5.73 Å². The number of fused-ring (bicyclic) bond motifs is 1. The molecule has 0 spiro atoms. The van der Waals surface area contributed by atoms with E-state index in [1.807, 2.05) is 49.4 Å². The molecule has 0 amide bonds. The minimum Gasteiger partial charge on any atom is -0.481 e. The Hall–Kier alpha value is -1.87. The molecule has 1 atom stereocenters. The van der Waals surface area contributed by atoms with Crippen LogP contribution in [0, 0.1) is 5.41 Å². The van der Waals surface area contributed by atoms with E-state index in [-0.39, 0.29) is 6.54 Å². The fourth-order valence-corrected chi connectivity index (χ4v) is 2.82. The molecule has 106 valence electrons. The van der Waals surface area contributed by atoms with Crippen LogP contribution in [-0.2, 0) is 11.2 Å². The Morgan fingerprint density at radius 1 is 1.20 bits per heavy atom. The summed E-state index contributed by atoms with van der Waals surface area (Å²) >= 11 is 0. The smallest absolute Gasteiger partial charge is 0.311 e. The third-order valence-corrected chi connectivity index (χ3v) is 3.98. The molecule has 20 heavy (non-hydrogen) atoms. The van der Waals surface area contributed by atoms with Gasteiger partial charge in [-0.05, 0) is 29.2 Å². The van der Waals surface area contributed by atoms with Gasteiger partial charge in [0.25, 0.3) is 0 Å². The molecule has 0 aliphatic rings. The van der Waals surface area contributed by atoms with Crippen molar-refractivity contribution in [2.24, 2.45) is 11.1 Å². The number of aliphatic carboxylic acids is 1. The van der Waals surface area contributed by atoms with Crippen LogP contribution in [0.15, 0.2) is 42.5 Å². The van der Waals surface area contributed by atoms with Crippen LogP contribution in [-0.4, -0.2) is 17.6 Å². The van der Waals surface area contributed by atoms with Gasteiger partial charge in [0.2, 0.25) is 0 Å². The maximum absolute atomic E-state index is 11.7. The molecule has 0 bridgehead atoms. The Labute approximate surface area is 119 Å². The summed E-state index contributed by atoms with van der Waals surface area (Å²) in [5.41, 5.74) is 6.00. The number of carboxylic acids is 1. The molecular weight excluding hydrogens is 250 g/mol. The van der Waals surface area contributed by atoms with E-state index in [9.17, 15) is 9.90 Å². The van der Waals surface area contributed by atoms with Crippen molar-refractivity contribution in [1.82, 2.24) is 0 Å². The monoisotopic (exact) mass is 271 g/mol. The summed E-state index contributed by atoms with van der Waals surface area (Å²) in [6.45, 7) is 2.16. The van der Waals surface area contributed by atoms with Crippen LogP contribution >= 0.6 is 0 Å². The third kappa shape index (κ3) is 2.68. The van der Waals surface area contributed by atoms with Crippen molar-refractivity contribution in [3.05, 3.63) is 48.0 Å². The van der Waals surface area contributed by atoms with Gasteiger partial charge in [-0.15, -0.1) is 0 Å². The van der Waals surface area contributed by atoms with E-state index >= 15 is 0 Å². The molecule has 3 heteroatoms. The van der Waals surface area contributed by atoms with Crippen molar-refractivity contribution in [3.63, 3.8) is 0 Å². The van der Waals surface area contributed by atoms with Crippen molar-refractivity contribution in [2.75, 3.05) is 6.54 Å². The van der Waals surface area contributed by atoms with Crippen LogP contribution in [0.1, 0.15) is 25.3 Å². The second kappa shape index (κ2) is 6.06. The Bertz CT molecular complexity index is 603. The third-order valence-electron chi connectivity index (χ3n) is 3.98. The summed E-state index contributed by atoms with van der Waals surface area (Å²) in [4.78, 5) is 11.7. The molecule has 0 aromatic heterocycles. The SMILES string of the molecule is CCCC(CN)(Cc1cccc2ccccc12)C(=O)O. The number of carbonyl (C=O) groups is 1. The van der Waals surface area contributed by atoms with Crippen molar-refractivity contribution in [2.45, 2.75) is 26.2 Å². The van der Waals surface area contributed by atoms with Crippen molar-refractivity contribution < 1.29 is 9.90 Å². The second-order valence-electron chi connectivity index (χ2n) is 5.35. The minimum absolute atomic E-state index is 0.166. The van der Waals surface area contributed by atoms with Crippen molar-refractivity contribution >= 4 is 16.7 Å². The van der Waals surface area contributed by atoms with E-state index in [1.54, 1.807) is 0 Å². The van der Waals surface area contributed by atoms with Gasteiger partial charge in [0.1, 0.15) is 0 Å². The maximum atomic E-state index is 11.7. The number of rotatable bonds is 6. The first-order valence-corrected chi connectivity index (χ1v) is 7.03. The van der Waals surface area contributed by atoms with E-state index < -0.39 is 11.4 Å². The molecular formula is C17H21NO2. The molecule has 2 aromatic carbocycles. The normalized spacial score (nSPS) is 14.1. The maximum Gasteiger partial charge on any atom is 0.311 e. The predicted octanol–water partition coefficient (Wildman–Crippen LogP) is 3.21. The molecule has 0 aliphatic carbocycles. The zero-order valence-corrected chi connectivity index (χ0v) is 11.8. The van der Waals surface area contributed by atoms with Crippen LogP contribution in [0.25, 0.3) is 10.8 Å². The lowest BCUT2D eigenvalue weighted by atomic mass is 9.77. The molecule has 0 saturated carbocycles. The summed E-state index contributed by atoms with van der Waals surface area (Å²) in [6.07, 6.45) is 1.89. The molecule has 0 aliphatic heterocycles. The Balaban J connectivity index is 2.45. The first-order valence-electron chi connectivity index (χ1n) is 7.03. The van der Waals surface area contributed by atoms with Gasteiger partial charge < -0.3 is 10.8 Å². The van der Waals surface area contributed by atoms with Gasteiger partial charge in [-0.3, -0.25) is 4.79 Å². The van der Waals surface area contributed by atoms with Gasteiger partial charge in [0, 0.05) is 6.54 Å². The fraction of sp³-hybridized carbons (Fsp3) is 0.353. The first-order chi connectivity index (χ1) is 9.63. The zero-order chi connectivity index (χ0) is 14.6. The molecule has 0 heterocycles. The number of hydrogen-bond acceptors (Lipinski definition) is 2. The fourth-order valence-electron chi connectivity index (χ4n) is 2.82. The largest absolute Gasteiger partial charge is 0.481 e. The van der Waals surface area contributed by atoms with Gasteiger partial charge >= 0.3 is 5.97 Å². The van der Waals surface area contributed by atoms with Crippen LogP contribution in [0.5, 0.6) is 0 Å². The Kier molecular flexibility index (Phi) is 4.40. The predicted molar refractivity (Wildman–Crippen MR) is 81.7 cm³/mol. The van der Waals surface area contributed by atoms with Crippen LogP contribution in [0.2, 0.25) is 0 Å². The van der Waals surface area contributed by atoms with Crippen molar-refractivity contribution in [3.8, 4) is 0 Å². The van der Waals surface area contributed by atoms with E-state index in [2.05, 4.69) is 0 Å². The molecule has 1 unspecified atom stereocenters. The highest BCUT2D eigenvalue weighted by molar-refractivity contribution is 5.86. The number of hydrogen-bond donors (Lipinski definition) is 2. The van der Waals surface area contributed by atoms with E-state index in [1.165, 1.54) is 0 Å². The average molecular weight is 271 g/mol. The first kappa shape index (κ1) is 14.5. The topological polar surface area (TPSA) is 63.3 Å². The minimum atomic E-state index is -0.862. The molecule has 0 fully saturated rings. The van der Waals surface area contributed by atoms with Crippen LogP contribution in [0.3, 0.4) is 0 Å². The van der Waals surface area contributed by atoms with Gasteiger partial charge in [-0.25, -0.2) is 0 Å². The van der Waals surface area contributed by atoms with E-state index in [0.717, 1.165) is 22.8 Å². The average Bonchev–Trinajstić information content (AvgIpc) is 2.46. The zero-order valence-electron chi connectivity index (χ0n) is 11.8. The lowest BCUT2D eigenvalue weighted by molar-refractivity contribution is -0.148. The Morgan fingerprint density at radius 3 is 2.55 bits per heavy atom. The number of carboxylic acid groups (broad SMARTS) is 1. The molecule has 0 radical (unpaired) electrons. The van der Waals surface area contributed by atoms with Gasteiger partial charge in [-0.1, -0.05) is 55.8 Å². The number of benzene rings is 2. The molecule has 2 aromatic rings. The summed E-state index contributed by atoms with van der Waals surface area (Å²) in [5, 5.41) is 11.9. The highest BCUT2D eigenvalue weighted by atomic mass is 16.4. The summed E-state index contributed by atoms with van der Waals surface area (Å²) < 4.78 is 0. The number of nitrogens with two attached hydrogens (primary N) is 1. The summed E-state index contributed by atoms with van der Waals surface area (Å²) in [5.74, 6) is -0.796. The summed E-state index contributed by atoms with van der Waals surface area (Å²) in [6, 6.07) is 14.1. The molecule has 3 nitrogen and oxygen atoms in total. The van der Waals surface area contributed by atoms with Crippen LogP contribution in [0.4, 0.5) is 0 Å². The molecule has 2 rings (SSSR count). The lowest BCUT2D eigenvalue weighted by Crippen LogP contribution is -2.40. The van der Waals surface area contributed by atoms with Crippen molar-refractivity contribution in [1.29, 1.82) is 0 Å². The Morgan fingerprint density at radius 2 is 1.90 bits per heavy atom. The highest BCUT2D eigenvalue weighted by Gasteiger charge is 2.36. The summed E-state index contributed by atoms with van der Waals surface area (Å²) in [7, 11) is 0. The second-order valence-corrected chi connectivity index (χ2v) is 5.35. The van der Waals surface area contributed by atoms with Gasteiger partial charge in [0.15, 0.2) is 0 Å². The van der Waals surface area contributed by atoms with Gasteiger partial charge in [-0.2, -0.15) is 0 Å². The van der Waals surface area contributed by atoms with E-state index in [4.69, 9.17) is 5.73 Å². The lowest BCUT2D eigenvalue weighted by Gasteiger charge is -2.28.